The van der Waals surface area contributed by atoms with Crippen molar-refractivity contribution in [1.82, 2.24) is 5.32 Å². The number of hydrogen-bond acceptors (Lipinski definition) is 2. The van der Waals surface area contributed by atoms with Crippen LogP contribution in [0.5, 0.6) is 0 Å². The third-order valence-corrected chi connectivity index (χ3v) is 4.78. The van der Waals surface area contributed by atoms with Crippen molar-refractivity contribution < 1.29 is 4.74 Å². The Labute approximate surface area is 92.8 Å². The molecule has 2 aliphatic carbocycles. The summed E-state index contributed by atoms with van der Waals surface area (Å²) in [6, 6.07) is 0.866. The minimum atomic E-state index is 0.610. The van der Waals surface area contributed by atoms with Crippen molar-refractivity contribution in [2.75, 3.05) is 19.8 Å². The van der Waals surface area contributed by atoms with Gasteiger partial charge < -0.3 is 10.1 Å². The van der Waals surface area contributed by atoms with Crippen LogP contribution in [-0.2, 0) is 4.74 Å². The molecule has 3 rings (SSSR count). The molecule has 1 heterocycles. The lowest BCUT2D eigenvalue weighted by Gasteiger charge is -2.48. The highest BCUT2D eigenvalue weighted by molar-refractivity contribution is 4.95. The molecule has 3 fully saturated rings. The molecule has 2 heteroatoms. The van der Waals surface area contributed by atoms with Gasteiger partial charge in [-0.1, -0.05) is 6.42 Å². The second kappa shape index (κ2) is 4.06. The zero-order valence-electron chi connectivity index (χ0n) is 9.63. The minimum Gasteiger partial charge on any atom is -0.381 e. The summed E-state index contributed by atoms with van der Waals surface area (Å²) in [5.74, 6) is 1.01. The Morgan fingerprint density at radius 2 is 1.80 bits per heavy atom. The quantitative estimate of drug-likeness (QED) is 0.767. The fraction of sp³-hybridized carbons (Fsp3) is 1.00. The molecular weight excluding hydrogens is 186 g/mol. The van der Waals surface area contributed by atoms with Crippen LogP contribution in [0.1, 0.15) is 44.9 Å². The van der Waals surface area contributed by atoms with Gasteiger partial charge in [-0.2, -0.15) is 0 Å². The first-order chi connectivity index (χ1) is 7.39. The average Bonchev–Trinajstić information content (AvgIpc) is 2.97. The zero-order chi connectivity index (χ0) is 10.1. The highest BCUT2D eigenvalue weighted by atomic mass is 16.5. The van der Waals surface area contributed by atoms with E-state index in [0.29, 0.717) is 5.41 Å². The van der Waals surface area contributed by atoms with Crippen LogP contribution in [-0.4, -0.2) is 25.8 Å². The number of rotatable bonds is 4. The Morgan fingerprint density at radius 3 is 2.33 bits per heavy atom. The van der Waals surface area contributed by atoms with Crippen LogP contribution in [0.25, 0.3) is 0 Å². The van der Waals surface area contributed by atoms with Gasteiger partial charge in [0.25, 0.3) is 0 Å². The normalized spacial score (nSPS) is 31.2. The molecule has 2 saturated carbocycles. The molecule has 0 aromatic heterocycles. The van der Waals surface area contributed by atoms with E-state index < -0.39 is 0 Å². The van der Waals surface area contributed by atoms with Crippen molar-refractivity contribution >= 4 is 0 Å². The van der Waals surface area contributed by atoms with Crippen LogP contribution in [0.4, 0.5) is 0 Å². The van der Waals surface area contributed by atoms with Crippen LogP contribution >= 0.6 is 0 Å². The maximum Gasteiger partial charge on any atom is 0.0471 e. The summed E-state index contributed by atoms with van der Waals surface area (Å²) in [7, 11) is 0. The van der Waals surface area contributed by atoms with Gasteiger partial charge in [-0.05, 0) is 49.9 Å². The van der Waals surface area contributed by atoms with Crippen LogP contribution < -0.4 is 5.32 Å². The summed E-state index contributed by atoms with van der Waals surface area (Å²) >= 11 is 0. The van der Waals surface area contributed by atoms with E-state index in [1.165, 1.54) is 51.5 Å². The van der Waals surface area contributed by atoms with Crippen molar-refractivity contribution in [2.24, 2.45) is 11.3 Å². The minimum absolute atomic E-state index is 0.610. The number of ether oxygens (including phenoxy) is 1. The topological polar surface area (TPSA) is 21.3 Å². The van der Waals surface area contributed by atoms with E-state index >= 15 is 0 Å². The van der Waals surface area contributed by atoms with E-state index in [9.17, 15) is 0 Å². The SMILES string of the molecule is C1CC(C2(CNC3CC3)CCOCC2)C1. The van der Waals surface area contributed by atoms with Crippen LogP contribution in [0.15, 0.2) is 0 Å². The molecule has 0 atom stereocenters. The molecule has 1 N–H and O–H groups in total. The first-order valence-electron chi connectivity index (χ1n) is 6.70. The molecule has 86 valence electrons. The van der Waals surface area contributed by atoms with Gasteiger partial charge in [0.1, 0.15) is 0 Å². The molecule has 2 nitrogen and oxygen atoms in total. The molecule has 0 amide bonds. The predicted molar refractivity (Wildman–Crippen MR) is 60.9 cm³/mol. The summed E-state index contributed by atoms with van der Waals surface area (Å²) in [4.78, 5) is 0. The van der Waals surface area contributed by atoms with E-state index in [1.807, 2.05) is 0 Å². The smallest absolute Gasteiger partial charge is 0.0471 e. The molecule has 0 bridgehead atoms. The van der Waals surface area contributed by atoms with E-state index in [1.54, 1.807) is 0 Å². The Kier molecular flexibility index (Phi) is 2.73. The fourth-order valence-electron chi connectivity index (χ4n) is 3.16. The molecule has 1 aliphatic heterocycles. The lowest BCUT2D eigenvalue weighted by atomic mass is 9.61. The van der Waals surface area contributed by atoms with E-state index in [-0.39, 0.29) is 0 Å². The van der Waals surface area contributed by atoms with Crippen molar-refractivity contribution in [3.8, 4) is 0 Å². The van der Waals surface area contributed by atoms with Crippen molar-refractivity contribution in [3.05, 3.63) is 0 Å². The molecule has 3 aliphatic rings. The summed E-state index contributed by atoms with van der Waals surface area (Å²) in [5.41, 5.74) is 0.610. The van der Waals surface area contributed by atoms with E-state index in [0.717, 1.165) is 25.2 Å². The van der Waals surface area contributed by atoms with Gasteiger partial charge in [0, 0.05) is 25.8 Å². The number of hydrogen-bond donors (Lipinski definition) is 1. The largest absolute Gasteiger partial charge is 0.381 e. The molecular formula is C13H23NO. The van der Waals surface area contributed by atoms with Gasteiger partial charge in [-0.3, -0.25) is 0 Å². The van der Waals surface area contributed by atoms with Gasteiger partial charge in [0.05, 0.1) is 0 Å². The lowest BCUT2D eigenvalue weighted by molar-refractivity contribution is -0.0406. The van der Waals surface area contributed by atoms with Crippen molar-refractivity contribution in [2.45, 2.75) is 51.0 Å². The first-order valence-corrected chi connectivity index (χ1v) is 6.70. The van der Waals surface area contributed by atoms with Crippen molar-refractivity contribution in [3.63, 3.8) is 0 Å². The summed E-state index contributed by atoms with van der Waals surface area (Å²) < 4.78 is 5.54. The number of nitrogens with one attached hydrogen (secondary N) is 1. The molecule has 1 saturated heterocycles. The van der Waals surface area contributed by atoms with Gasteiger partial charge in [0.15, 0.2) is 0 Å². The summed E-state index contributed by atoms with van der Waals surface area (Å²) in [6.45, 7) is 3.28. The van der Waals surface area contributed by atoms with E-state index in [2.05, 4.69) is 5.32 Å². The predicted octanol–water partition coefficient (Wildman–Crippen LogP) is 2.34. The monoisotopic (exact) mass is 209 g/mol. The summed E-state index contributed by atoms with van der Waals surface area (Å²) in [6.07, 6.45) is 9.86. The second-order valence-electron chi connectivity index (χ2n) is 5.76. The Balaban J connectivity index is 1.61. The maximum atomic E-state index is 5.54. The molecule has 0 spiro atoms. The Morgan fingerprint density at radius 1 is 1.07 bits per heavy atom. The highest BCUT2D eigenvalue weighted by Crippen LogP contribution is 2.48. The second-order valence-corrected chi connectivity index (χ2v) is 5.76. The third-order valence-electron chi connectivity index (χ3n) is 4.78. The summed E-state index contributed by atoms with van der Waals surface area (Å²) in [5, 5.41) is 3.76. The maximum absolute atomic E-state index is 5.54. The zero-order valence-corrected chi connectivity index (χ0v) is 9.63. The molecule has 15 heavy (non-hydrogen) atoms. The average molecular weight is 209 g/mol. The van der Waals surface area contributed by atoms with E-state index in [4.69, 9.17) is 4.74 Å². The first kappa shape index (κ1) is 10.1. The van der Waals surface area contributed by atoms with Gasteiger partial charge in [-0.15, -0.1) is 0 Å². The van der Waals surface area contributed by atoms with Gasteiger partial charge >= 0.3 is 0 Å². The standard InChI is InChI=1S/C13H23NO/c1-2-11(3-1)13(6-8-15-9-7-13)10-14-12-4-5-12/h11-12,14H,1-10H2. The van der Waals surface area contributed by atoms with Crippen LogP contribution in [0.3, 0.4) is 0 Å². The third kappa shape index (κ3) is 2.07. The van der Waals surface area contributed by atoms with Crippen LogP contribution in [0.2, 0.25) is 0 Å². The molecule has 0 aromatic carbocycles. The molecule has 0 unspecified atom stereocenters. The molecule has 0 aromatic rings. The van der Waals surface area contributed by atoms with Gasteiger partial charge in [-0.25, -0.2) is 0 Å². The van der Waals surface area contributed by atoms with Gasteiger partial charge in [0.2, 0.25) is 0 Å². The molecule has 0 radical (unpaired) electrons. The highest BCUT2D eigenvalue weighted by Gasteiger charge is 2.43. The van der Waals surface area contributed by atoms with Crippen LogP contribution in [0, 0.1) is 11.3 Å². The van der Waals surface area contributed by atoms with Crippen molar-refractivity contribution in [1.29, 1.82) is 0 Å². The lowest BCUT2D eigenvalue weighted by Crippen LogP contribution is -2.47. The fourth-order valence-corrected chi connectivity index (χ4v) is 3.16. The Hall–Kier alpha value is -0.0800. The Bertz CT molecular complexity index is 215.